The Kier molecular flexibility index (Phi) is 4.36. The van der Waals surface area contributed by atoms with Gasteiger partial charge in [-0.2, -0.15) is 0 Å². The lowest BCUT2D eigenvalue weighted by Gasteiger charge is -2.28. The maximum Gasteiger partial charge on any atom is 0.310 e. The van der Waals surface area contributed by atoms with Crippen molar-refractivity contribution in [3.05, 3.63) is 66.2 Å². The second-order valence-corrected chi connectivity index (χ2v) is 6.86. The smallest absolute Gasteiger partial charge is 0.310 e. The van der Waals surface area contributed by atoms with Crippen LogP contribution in [-0.4, -0.2) is 32.8 Å². The van der Waals surface area contributed by atoms with Crippen molar-refractivity contribution in [2.24, 2.45) is 17.3 Å². The molecule has 27 heavy (non-hydrogen) atoms. The van der Waals surface area contributed by atoms with Gasteiger partial charge < -0.3 is 9.47 Å². The normalized spacial score (nSPS) is 28.8. The number of rotatable bonds is 4. The molecule has 1 aliphatic heterocycles. The summed E-state index contributed by atoms with van der Waals surface area (Å²) in [5.41, 5.74) is 1.11. The van der Waals surface area contributed by atoms with E-state index in [9.17, 15) is 9.59 Å². The van der Waals surface area contributed by atoms with Gasteiger partial charge in [0, 0.05) is 0 Å². The Morgan fingerprint density at radius 2 is 1.44 bits per heavy atom. The third-order valence-corrected chi connectivity index (χ3v) is 5.62. The quantitative estimate of drug-likeness (QED) is 0.775. The minimum absolute atomic E-state index is 0.237. The summed E-state index contributed by atoms with van der Waals surface area (Å²) < 4.78 is 9.98. The number of esters is 2. The Hall–Kier alpha value is -2.86. The summed E-state index contributed by atoms with van der Waals surface area (Å²) in [6.45, 7) is 0.237. The van der Waals surface area contributed by atoms with Crippen LogP contribution in [0.1, 0.15) is 11.6 Å². The van der Waals surface area contributed by atoms with Gasteiger partial charge in [-0.3, -0.25) is 14.4 Å². The summed E-state index contributed by atoms with van der Waals surface area (Å²) in [4.78, 5) is 31.0. The molecular weight excluding hydrogens is 346 g/mol. The number of hydroxylamine groups is 1. The van der Waals surface area contributed by atoms with Gasteiger partial charge >= 0.3 is 11.9 Å². The van der Waals surface area contributed by atoms with Crippen molar-refractivity contribution >= 4 is 17.6 Å². The van der Waals surface area contributed by atoms with Crippen LogP contribution in [-0.2, 0) is 23.9 Å². The van der Waals surface area contributed by atoms with Gasteiger partial charge in [0.25, 0.3) is 0 Å². The van der Waals surface area contributed by atoms with E-state index in [1.807, 2.05) is 60.7 Å². The van der Waals surface area contributed by atoms with Crippen LogP contribution in [0.5, 0.6) is 0 Å². The lowest BCUT2D eigenvalue weighted by atomic mass is 9.87. The molecule has 0 amide bonds. The Morgan fingerprint density at radius 3 is 1.96 bits per heavy atom. The van der Waals surface area contributed by atoms with Crippen LogP contribution in [0.15, 0.2) is 60.7 Å². The molecule has 140 valence electrons. The Balaban J connectivity index is 1.82. The average molecular weight is 367 g/mol. The zero-order valence-electron chi connectivity index (χ0n) is 15.2. The predicted octanol–water partition coefficient (Wildman–Crippen LogP) is 2.76. The van der Waals surface area contributed by atoms with Crippen LogP contribution in [0.2, 0.25) is 0 Å². The number of carbonyl (C=O) groups excluding carboxylic acids is 2. The lowest BCUT2D eigenvalue weighted by molar-refractivity contribution is -0.148. The molecule has 0 N–H and O–H groups in total. The van der Waals surface area contributed by atoms with Gasteiger partial charge in [0.2, 0.25) is 0 Å². The molecule has 0 aromatic heterocycles. The van der Waals surface area contributed by atoms with E-state index >= 15 is 0 Å². The van der Waals surface area contributed by atoms with E-state index in [0.717, 1.165) is 11.3 Å². The van der Waals surface area contributed by atoms with E-state index < -0.39 is 29.2 Å². The van der Waals surface area contributed by atoms with Crippen LogP contribution < -0.4 is 5.06 Å². The summed E-state index contributed by atoms with van der Waals surface area (Å²) in [7, 11) is 2.68. The number of anilines is 1. The fraction of sp³-hybridized carbons (Fsp3) is 0.333. The first kappa shape index (κ1) is 17.5. The zero-order chi connectivity index (χ0) is 19.0. The molecule has 6 nitrogen and oxygen atoms in total. The SMILES string of the molecule is COC(=O)C1C(C(=O)OC)C12CON(c1ccccc1)C2c1ccccc1. The highest BCUT2D eigenvalue weighted by molar-refractivity contribution is 5.91. The molecule has 4 rings (SSSR count). The van der Waals surface area contributed by atoms with Crippen molar-refractivity contribution in [3.8, 4) is 0 Å². The predicted molar refractivity (Wildman–Crippen MR) is 97.5 cm³/mol. The fourth-order valence-electron chi connectivity index (χ4n) is 4.38. The Bertz CT molecular complexity index is 816. The van der Waals surface area contributed by atoms with Gasteiger partial charge in [-0.25, -0.2) is 5.06 Å². The van der Waals surface area contributed by atoms with Crippen LogP contribution >= 0.6 is 0 Å². The van der Waals surface area contributed by atoms with Gasteiger partial charge in [-0.05, 0) is 17.7 Å². The van der Waals surface area contributed by atoms with Crippen LogP contribution in [0.3, 0.4) is 0 Å². The van der Waals surface area contributed by atoms with Gasteiger partial charge in [-0.15, -0.1) is 0 Å². The minimum Gasteiger partial charge on any atom is -0.469 e. The maximum atomic E-state index is 12.5. The molecule has 2 aromatic rings. The van der Waals surface area contributed by atoms with Crippen molar-refractivity contribution in [2.45, 2.75) is 6.04 Å². The highest BCUT2D eigenvalue weighted by atomic mass is 16.7. The highest BCUT2D eigenvalue weighted by Gasteiger charge is 2.79. The van der Waals surface area contributed by atoms with E-state index in [1.54, 1.807) is 5.06 Å². The molecular formula is C21H21NO5. The molecule has 6 heteroatoms. The zero-order valence-corrected chi connectivity index (χ0v) is 15.2. The maximum absolute atomic E-state index is 12.5. The van der Waals surface area contributed by atoms with E-state index in [-0.39, 0.29) is 12.6 Å². The molecule has 2 fully saturated rings. The third kappa shape index (κ3) is 2.59. The van der Waals surface area contributed by atoms with E-state index in [1.165, 1.54) is 14.2 Å². The minimum atomic E-state index is -0.725. The topological polar surface area (TPSA) is 65.1 Å². The third-order valence-electron chi connectivity index (χ3n) is 5.62. The average Bonchev–Trinajstić information content (AvgIpc) is 3.22. The summed E-state index contributed by atoms with van der Waals surface area (Å²) in [5.74, 6) is -2.03. The molecule has 3 unspecified atom stereocenters. The summed E-state index contributed by atoms with van der Waals surface area (Å²) in [6.07, 6.45) is 0. The van der Waals surface area contributed by atoms with Crippen LogP contribution in [0.4, 0.5) is 5.69 Å². The second-order valence-electron chi connectivity index (χ2n) is 6.86. The fourth-order valence-corrected chi connectivity index (χ4v) is 4.38. The number of para-hydroxylation sites is 1. The molecule has 3 atom stereocenters. The summed E-state index contributed by atoms with van der Waals surface area (Å²) in [5, 5.41) is 1.80. The van der Waals surface area contributed by atoms with Gasteiger partial charge in [-0.1, -0.05) is 48.5 Å². The second kappa shape index (κ2) is 6.70. The first-order valence-corrected chi connectivity index (χ1v) is 8.83. The number of nitrogens with zero attached hydrogens (tertiary/aromatic N) is 1. The first-order chi connectivity index (χ1) is 13.1. The molecule has 2 aliphatic rings. The molecule has 0 radical (unpaired) electrons. The van der Waals surface area contributed by atoms with Gasteiger partial charge in [0.1, 0.15) is 0 Å². The van der Waals surface area contributed by atoms with Crippen molar-refractivity contribution < 1.29 is 23.9 Å². The number of methoxy groups -OCH3 is 2. The summed E-state index contributed by atoms with van der Waals surface area (Å²) >= 11 is 0. The number of hydrogen-bond donors (Lipinski definition) is 0. The summed E-state index contributed by atoms with van der Waals surface area (Å²) in [6, 6.07) is 19.1. The van der Waals surface area contributed by atoms with E-state index in [0.29, 0.717) is 0 Å². The standard InChI is InChI=1S/C21H21NO5/c1-25-19(23)16-17(20(24)26-2)21(16)13-27-22(15-11-7-4-8-12-15)18(21)14-9-5-3-6-10-14/h3-12,16-18H,13H2,1-2H3. The van der Waals surface area contributed by atoms with Crippen molar-refractivity contribution in [2.75, 3.05) is 25.9 Å². The molecule has 1 aliphatic carbocycles. The van der Waals surface area contributed by atoms with Crippen molar-refractivity contribution in [1.82, 2.24) is 0 Å². The number of hydrogen-bond acceptors (Lipinski definition) is 6. The Labute approximate surface area is 157 Å². The molecule has 1 heterocycles. The van der Waals surface area contributed by atoms with Gasteiger partial charge in [0.15, 0.2) is 0 Å². The largest absolute Gasteiger partial charge is 0.469 e. The van der Waals surface area contributed by atoms with E-state index in [2.05, 4.69) is 0 Å². The first-order valence-electron chi connectivity index (χ1n) is 8.83. The molecule has 1 saturated heterocycles. The molecule has 1 saturated carbocycles. The van der Waals surface area contributed by atoms with E-state index in [4.69, 9.17) is 14.3 Å². The lowest BCUT2D eigenvalue weighted by Crippen LogP contribution is -2.28. The highest BCUT2D eigenvalue weighted by Crippen LogP contribution is 2.70. The molecule has 0 bridgehead atoms. The molecule has 1 spiro atoms. The number of ether oxygens (including phenoxy) is 2. The van der Waals surface area contributed by atoms with Gasteiger partial charge in [0.05, 0.1) is 49.8 Å². The van der Waals surface area contributed by atoms with Crippen molar-refractivity contribution in [3.63, 3.8) is 0 Å². The van der Waals surface area contributed by atoms with Crippen LogP contribution in [0.25, 0.3) is 0 Å². The monoisotopic (exact) mass is 367 g/mol. The Morgan fingerprint density at radius 1 is 0.926 bits per heavy atom. The number of benzene rings is 2. The van der Waals surface area contributed by atoms with Crippen molar-refractivity contribution in [1.29, 1.82) is 0 Å². The number of carbonyl (C=O) groups is 2. The van der Waals surface area contributed by atoms with Crippen LogP contribution in [0, 0.1) is 17.3 Å². The molecule has 2 aromatic carbocycles.